The average Bonchev–Trinajstić information content (AvgIpc) is 2.95. The molecular weight excluding hydrogens is 266 g/mol. The predicted octanol–water partition coefficient (Wildman–Crippen LogP) is 5.47. The highest BCUT2D eigenvalue weighted by Crippen LogP contribution is 2.54. The van der Waals surface area contributed by atoms with E-state index in [2.05, 4.69) is 63.8 Å². The van der Waals surface area contributed by atoms with Gasteiger partial charge in [-0.05, 0) is 59.6 Å². The molecule has 1 aliphatic heterocycles. The highest BCUT2D eigenvalue weighted by atomic mass is 15.2. The van der Waals surface area contributed by atoms with Gasteiger partial charge in [0.25, 0.3) is 0 Å². The number of benzene rings is 2. The molecule has 0 N–H and O–H groups in total. The summed E-state index contributed by atoms with van der Waals surface area (Å²) in [5.41, 5.74) is 6.51. The van der Waals surface area contributed by atoms with E-state index in [1.807, 2.05) is 0 Å². The van der Waals surface area contributed by atoms with Gasteiger partial charge in [-0.2, -0.15) is 0 Å². The van der Waals surface area contributed by atoms with Gasteiger partial charge in [0.1, 0.15) is 0 Å². The first-order valence-corrected chi connectivity index (χ1v) is 8.90. The molecular formula is C21H27N. The van der Waals surface area contributed by atoms with Crippen molar-refractivity contribution in [3.05, 3.63) is 41.0 Å². The molecule has 0 amide bonds. The highest BCUT2D eigenvalue weighted by molar-refractivity contribution is 5.98. The van der Waals surface area contributed by atoms with Crippen LogP contribution in [0.25, 0.3) is 10.8 Å². The Labute approximate surface area is 134 Å². The minimum Gasteiger partial charge on any atom is -0.368 e. The second kappa shape index (κ2) is 4.75. The number of hydrogen-bond acceptors (Lipinski definition) is 1. The third kappa shape index (κ3) is 1.60. The molecule has 116 valence electrons. The summed E-state index contributed by atoms with van der Waals surface area (Å²) in [4.78, 5) is 2.67. The number of hydrogen-bond donors (Lipinski definition) is 0. The lowest BCUT2D eigenvalue weighted by Crippen LogP contribution is -2.31. The Bertz CT molecular complexity index is 745. The number of fused-ring (bicyclic) bond motifs is 6. The van der Waals surface area contributed by atoms with Crippen LogP contribution in [0.4, 0.5) is 5.69 Å². The molecule has 1 aliphatic carbocycles. The smallest absolute Gasteiger partial charge is 0.0449 e. The van der Waals surface area contributed by atoms with Gasteiger partial charge in [-0.3, -0.25) is 0 Å². The fourth-order valence-corrected chi connectivity index (χ4v) is 4.97. The highest BCUT2D eigenvalue weighted by Gasteiger charge is 2.40. The van der Waals surface area contributed by atoms with E-state index in [1.165, 1.54) is 17.2 Å². The molecule has 0 bridgehead atoms. The lowest BCUT2D eigenvalue weighted by Gasteiger charge is -2.27. The van der Waals surface area contributed by atoms with E-state index >= 15 is 0 Å². The van der Waals surface area contributed by atoms with Crippen molar-refractivity contribution in [1.29, 1.82) is 0 Å². The molecule has 1 heteroatoms. The first-order valence-electron chi connectivity index (χ1n) is 8.90. The van der Waals surface area contributed by atoms with Crippen molar-refractivity contribution >= 4 is 16.5 Å². The molecule has 1 nitrogen and oxygen atoms in total. The van der Waals surface area contributed by atoms with Crippen LogP contribution in [0.15, 0.2) is 24.3 Å². The molecule has 4 rings (SSSR count). The number of nitrogens with zero attached hydrogens (tertiary/aromatic N) is 1. The molecule has 0 fully saturated rings. The van der Waals surface area contributed by atoms with Gasteiger partial charge in [0, 0.05) is 24.2 Å². The van der Waals surface area contributed by atoms with Crippen molar-refractivity contribution in [3.63, 3.8) is 0 Å². The first kappa shape index (κ1) is 14.1. The first-order chi connectivity index (χ1) is 10.6. The summed E-state index contributed by atoms with van der Waals surface area (Å²) in [7, 11) is 0. The van der Waals surface area contributed by atoms with Crippen molar-refractivity contribution in [2.45, 2.75) is 58.9 Å². The molecule has 4 atom stereocenters. The van der Waals surface area contributed by atoms with Crippen molar-refractivity contribution in [2.75, 3.05) is 11.4 Å². The van der Waals surface area contributed by atoms with Gasteiger partial charge in [-0.25, -0.2) is 0 Å². The number of likely N-dealkylation sites (N-methyl/N-ethyl adjacent to an activating group) is 1. The quantitative estimate of drug-likeness (QED) is 0.674. The van der Waals surface area contributed by atoms with Gasteiger partial charge in [0.05, 0.1) is 0 Å². The summed E-state index contributed by atoms with van der Waals surface area (Å²) in [6, 6.07) is 9.74. The van der Waals surface area contributed by atoms with Crippen LogP contribution in [0.5, 0.6) is 0 Å². The molecule has 2 aliphatic rings. The molecule has 2 aromatic rings. The van der Waals surface area contributed by atoms with Gasteiger partial charge < -0.3 is 4.90 Å². The fourth-order valence-electron chi connectivity index (χ4n) is 4.97. The largest absolute Gasteiger partial charge is 0.368 e. The van der Waals surface area contributed by atoms with Gasteiger partial charge in [0.2, 0.25) is 0 Å². The normalized spacial score (nSPS) is 30.0. The zero-order valence-electron chi connectivity index (χ0n) is 14.5. The zero-order valence-corrected chi connectivity index (χ0v) is 14.5. The second-order valence-corrected chi connectivity index (χ2v) is 7.49. The van der Waals surface area contributed by atoms with E-state index in [0.29, 0.717) is 17.9 Å². The maximum Gasteiger partial charge on any atom is 0.0449 e. The minimum atomic E-state index is 0.609. The number of anilines is 1. The van der Waals surface area contributed by atoms with Gasteiger partial charge in [-0.1, -0.05) is 45.0 Å². The van der Waals surface area contributed by atoms with Crippen LogP contribution in [0.1, 0.15) is 63.1 Å². The third-order valence-corrected chi connectivity index (χ3v) is 6.51. The lowest BCUT2D eigenvalue weighted by atomic mass is 9.87. The van der Waals surface area contributed by atoms with Crippen LogP contribution >= 0.6 is 0 Å². The Morgan fingerprint density at radius 3 is 2.32 bits per heavy atom. The predicted molar refractivity (Wildman–Crippen MR) is 96.1 cm³/mol. The average molecular weight is 293 g/mol. The van der Waals surface area contributed by atoms with Crippen LogP contribution in [-0.4, -0.2) is 12.6 Å². The van der Waals surface area contributed by atoms with Crippen molar-refractivity contribution in [3.8, 4) is 0 Å². The Morgan fingerprint density at radius 1 is 0.955 bits per heavy atom. The minimum absolute atomic E-state index is 0.609. The summed E-state index contributed by atoms with van der Waals surface area (Å²) in [6.07, 6.45) is 1.24. The SMILES string of the molecule is CCN1c2c3c(c4ccccc4c2[C@H](C)[C@@H]1C)CC(C)[C@H]3C. The van der Waals surface area contributed by atoms with Crippen LogP contribution in [-0.2, 0) is 6.42 Å². The second-order valence-electron chi connectivity index (χ2n) is 7.49. The van der Waals surface area contributed by atoms with Crippen molar-refractivity contribution < 1.29 is 0 Å². The van der Waals surface area contributed by atoms with E-state index < -0.39 is 0 Å². The Morgan fingerprint density at radius 2 is 1.64 bits per heavy atom. The molecule has 1 heterocycles. The maximum atomic E-state index is 2.67. The Hall–Kier alpha value is -1.50. The summed E-state index contributed by atoms with van der Waals surface area (Å²) >= 11 is 0. The summed E-state index contributed by atoms with van der Waals surface area (Å²) < 4.78 is 0. The molecule has 0 aromatic heterocycles. The lowest BCUT2D eigenvalue weighted by molar-refractivity contribution is 0.531. The molecule has 1 unspecified atom stereocenters. The van der Waals surface area contributed by atoms with Gasteiger partial charge in [0.15, 0.2) is 0 Å². The molecule has 22 heavy (non-hydrogen) atoms. The van der Waals surface area contributed by atoms with Crippen LogP contribution < -0.4 is 4.90 Å². The standard InChI is InChI=1S/C21H27N/c1-6-22-15(5)14(4)20-17-10-8-7-9-16(17)18-11-12(2)13(3)19(18)21(20)22/h7-10,12-15H,6,11H2,1-5H3/t12?,13-,14-,15+/m1/s1. The molecule has 0 saturated heterocycles. The van der Waals surface area contributed by atoms with Crippen molar-refractivity contribution in [2.24, 2.45) is 5.92 Å². The Balaban J connectivity index is 2.15. The molecule has 2 aromatic carbocycles. The zero-order chi connectivity index (χ0) is 15.6. The molecule has 0 saturated carbocycles. The van der Waals surface area contributed by atoms with E-state index in [9.17, 15) is 0 Å². The van der Waals surface area contributed by atoms with E-state index in [-0.39, 0.29) is 0 Å². The third-order valence-electron chi connectivity index (χ3n) is 6.51. The van der Waals surface area contributed by atoms with E-state index in [4.69, 9.17) is 0 Å². The summed E-state index contributed by atoms with van der Waals surface area (Å²) in [6.45, 7) is 13.1. The molecule has 0 radical (unpaired) electrons. The van der Waals surface area contributed by atoms with Gasteiger partial charge >= 0.3 is 0 Å². The van der Waals surface area contributed by atoms with Gasteiger partial charge in [-0.15, -0.1) is 0 Å². The van der Waals surface area contributed by atoms with E-state index in [0.717, 1.165) is 12.5 Å². The maximum absolute atomic E-state index is 2.67. The Kier molecular flexibility index (Phi) is 3.04. The van der Waals surface area contributed by atoms with Crippen LogP contribution in [0.3, 0.4) is 0 Å². The van der Waals surface area contributed by atoms with Crippen LogP contribution in [0, 0.1) is 5.92 Å². The number of rotatable bonds is 1. The van der Waals surface area contributed by atoms with E-state index in [1.54, 1.807) is 22.4 Å². The fraction of sp³-hybridized carbons (Fsp3) is 0.524. The molecule has 0 spiro atoms. The summed E-state index contributed by atoms with van der Waals surface area (Å²) in [5.74, 6) is 2.06. The van der Waals surface area contributed by atoms with Crippen molar-refractivity contribution in [1.82, 2.24) is 0 Å². The topological polar surface area (TPSA) is 3.24 Å². The monoisotopic (exact) mass is 293 g/mol. The van der Waals surface area contributed by atoms with Crippen LogP contribution in [0.2, 0.25) is 0 Å². The summed E-state index contributed by atoms with van der Waals surface area (Å²) in [5, 5.41) is 3.03.